The molecule has 3 atom stereocenters. The summed E-state index contributed by atoms with van der Waals surface area (Å²) in [5.41, 5.74) is 2.02. The van der Waals surface area contributed by atoms with Gasteiger partial charge in [-0.3, -0.25) is 0 Å². The van der Waals surface area contributed by atoms with Gasteiger partial charge in [0.25, 0.3) is 11.1 Å². The minimum Gasteiger partial charge on any atom is -0.411 e. The van der Waals surface area contributed by atoms with Gasteiger partial charge in [0, 0.05) is 22.3 Å². The van der Waals surface area contributed by atoms with Crippen molar-refractivity contribution in [3.8, 4) is 11.5 Å². The number of nitrogens with one attached hydrogen (secondary N) is 1. The number of hydrogen-bond donors (Lipinski definition) is 1. The van der Waals surface area contributed by atoms with E-state index in [9.17, 15) is 0 Å². The topological polar surface area (TPSA) is 63.9 Å². The predicted octanol–water partition coefficient (Wildman–Crippen LogP) is 4.27. The lowest BCUT2D eigenvalue weighted by Crippen LogP contribution is -2.30. The first-order chi connectivity index (χ1) is 11.2. The van der Waals surface area contributed by atoms with Crippen LogP contribution in [0.15, 0.2) is 40.1 Å². The second kappa shape index (κ2) is 6.02. The van der Waals surface area contributed by atoms with Crippen LogP contribution in [0.4, 0.5) is 0 Å². The Labute approximate surface area is 138 Å². The molecule has 1 aliphatic heterocycles. The quantitative estimate of drug-likeness (QED) is 0.777. The fourth-order valence-electron chi connectivity index (χ4n) is 3.20. The van der Waals surface area contributed by atoms with Crippen LogP contribution in [0, 0.1) is 0 Å². The molecule has 3 aromatic rings. The van der Waals surface area contributed by atoms with E-state index in [2.05, 4.69) is 35.1 Å². The molecule has 0 aliphatic carbocycles. The third-order valence-electron chi connectivity index (χ3n) is 4.15. The predicted molar refractivity (Wildman–Crippen MR) is 90.5 cm³/mol. The van der Waals surface area contributed by atoms with E-state index in [1.54, 1.807) is 11.8 Å². The Bertz CT molecular complexity index is 803. The highest BCUT2D eigenvalue weighted by atomic mass is 32.2. The highest BCUT2D eigenvalue weighted by Gasteiger charge is 2.27. The van der Waals surface area contributed by atoms with Crippen molar-refractivity contribution < 1.29 is 9.15 Å². The molecule has 1 aliphatic rings. The van der Waals surface area contributed by atoms with Crippen LogP contribution in [0.2, 0.25) is 0 Å². The summed E-state index contributed by atoms with van der Waals surface area (Å²) >= 11 is 1.67. The van der Waals surface area contributed by atoms with Gasteiger partial charge in [-0.05, 0) is 32.8 Å². The molecule has 4 rings (SSSR count). The van der Waals surface area contributed by atoms with Gasteiger partial charge in [0.05, 0.1) is 17.8 Å². The van der Waals surface area contributed by atoms with E-state index in [1.165, 1.54) is 0 Å². The zero-order valence-corrected chi connectivity index (χ0v) is 14.0. The van der Waals surface area contributed by atoms with E-state index in [0.29, 0.717) is 16.4 Å². The lowest BCUT2D eigenvalue weighted by atomic mass is 10.1. The Morgan fingerprint density at radius 2 is 1.91 bits per heavy atom. The highest BCUT2D eigenvalue weighted by Crippen LogP contribution is 2.35. The number of ether oxygens (including phenoxy) is 1. The van der Waals surface area contributed by atoms with Gasteiger partial charge in [-0.25, -0.2) is 0 Å². The van der Waals surface area contributed by atoms with Crippen LogP contribution in [-0.2, 0) is 4.74 Å². The standard InChI is InChI=1S/C17H19N3O2S/c1-10-7-12(8-11(2)21-10)23-17-20-19-16(22-17)14-9-18-15-6-4-3-5-13(14)15/h3-6,9-12,18H,7-8H2,1-2H3/t10-,11+,12?. The van der Waals surface area contributed by atoms with Crippen molar-refractivity contribution in [2.24, 2.45) is 0 Å². The molecule has 1 fully saturated rings. The van der Waals surface area contributed by atoms with Gasteiger partial charge in [-0.15, -0.1) is 10.2 Å². The van der Waals surface area contributed by atoms with Crippen molar-refractivity contribution in [1.82, 2.24) is 15.2 Å². The molecular formula is C17H19N3O2S. The van der Waals surface area contributed by atoms with Gasteiger partial charge in [0.1, 0.15) is 0 Å². The summed E-state index contributed by atoms with van der Waals surface area (Å²) in [5, 5.41) is 10.6. The third kappa shape index (κ3) is 3.01. The van der Waals surface area contributed by atoms with Gasteiger partial charge in [0.15, 0.2) is 0 Å². The first kappa shape index (κ1) is 14.8. The molecule has 0 bridgehead atoms. The molecule has 1 N–H and O–H groups in total. The average molecular weight is 329 g/mol. The van der Waals surface area contributed by atoms with Gasteiger partial charge in [-0.2, -0.15) is 0 Å². The number of rotatable bonds is 3. The average Bonchev–Trinajstić information content (AvgIpc) is 3.12. The van der Waals surface area contributed by atoms with Crippen LogP contribution in [-0.4, -0.2) is 32.6 Å². The monoisotopic (exact) mass is 329 g/mol. The summed E-state index contributed by atoms with van der Waals surface area (Å²) in [5.74, 6) is 0.568. The minimum atomic E-state index is 0.284. The van der Waals surface area contributed by atoms with Crippen LogP contribution < -0.4 is 0 Å². The Morgan fingerprint density at radius 1 is 1.13 bits per heavy atom. The number of para-hydroxylation sites is 1. The number of fused-ring (bicyclic) bond motifs is 1. The zero-order valence-electron chi connectivity index (χ0n) is 13.2. The lowest BCUT2D eigenvalue weighted by molar-refractivity contribution is -0.0265. The summed E-state index contributed by atoms with van der Waals surface area (Å²) < 4.78 is 11.7. The molecule has 6 heteroatoms. The molecule has 1 aromatic carbocycles. The summed E-state index contributed by atoms with van der Waals surface area (Å²) in [6.45, 7) is 4.24. The van der Waals surface area contributed by atoms with E-state index in [4.69, 9.17) is 9.15 Å². The third-order valence-corrected chi connectivity index (χ3v) is 5.23. The molecule has 1 saturated heterocycles. The minimum absolute atomic E-state index is 0.284. The molecule has 2 aromatic heterocycles. The second-order valence-corrected chi connectivity index (χ2v) is 7.34. The molecule has 0 spiro atoms. The SMILES string of the molecule is C[C@@H]1CC(Sc2nnc(-c3c[nH]c4ccccc34)o2)C[C@H](C)O1. The molecule has 120 valence electrons. The molecule has 5 nitrogen and oxygen atoms in total. The molecule has 0 amide bonds. The molecular weight excluding hydrogens is 310 g/mol. The van der Waals surface area contributed by atoms with Crippen molar-refractivity contribution in [2.45, 2.75) is 49.4 Å². The maximum absolute atomic E-state index is 5.89. The summed E-state index contributed by atoms with van der Waals surface area (Å²) in [7, 11) is 0. The number of aromatic nitrogens is 3. The fraction of sp³-hybridized carbons (Fsp3) is 0.412. The first-order valence-corrected chi connectivity index (χ1v) is 8.79. The van der Waals surface area contributed by atoms with Crippen LogP contribution in [0.1, 0.15) is 26.7 Å². The van der Waals surface area contributed by atoms with Crippen molar-refractivity contribution >= 4 is 22.7 Å². The van der Waals surface area contributed by atoms with E-state index in [-0.39, 0.29) is 12.2 Å². The van der Waals surface area contributed by atoms with Gasteiger partial charge >= 0.3 is 0 Å². The van der Waals surface area contributed by atoms with Crippen molar-refractivity contribution in [3.63, 3.8) is 0 Å². The maximum atomic E-state index is 5.89. The Hall–Kier alpha value is -1.79. The maximum Gasteiger partial charge on any atom is 0.277 e. The van der Waals surface area contributed by atoms with Crippen LogP contribution in [0.3, 0.4) is 0 Å². The highest BCUT2D eigenvalue weighted by molar-refractivity contribution is 7.99. The van der Waals surface area contributed by atoms with E-state index in [0.717, 1.165) is 29.3 Å². The van der Waals surface area contributed by atoms with Crippen LogP contribution in [0.5, 0.6) is 0 Å². The smallest absolute Gasteiger partial charge is 0.277 e. The van der Waals surface area contributed by atoms with Gasteiger partial charge in [0.2, 0.25) is 0 Å². The number of benzene rings is 1. The Kier molecular flexibility index (Phi) is 3.87. The largest absolute Gasteiger partial charge is 0.411 e. The first-order valence-electron chi connectivity index (χ1n) is 7.91. The fourth-order valence-corrected chi connectivity index (χ4v) is 4.43. The van der Waals surface area contributed by atoms with Crippen molar-refractivity contribution in [1.29, 1.82) is 0 Å². The van der Waals surface area contributed by atoms with Gasteiger partial charge in [-0.1, -0.05) is 30.0 Å². The van der Waals surface area contributed by atoms with Crippen LogP contribution >= 0.6 is 11.8 Å². The summed E-state index contributed by atoms with van der Waals surface area (Å²) in [6.07, 6.45) is 4.52. The summed E-state index contributed by atoms with van der Waals surface area (Å²) in [6, 6.07) is 8.11. The molecule has 0 saturated carbocycles. The van der Waals surface area contributed by atoms with Crippen LogP contribution in [0.25, 0.3) is 22.4 Å². The molecule has 0 radical (unpaired) electrons. The summed E-state index contributed by atoms with van der Waals surface area (Å²) in [4.78, 5) is 3.24. The number of aromatic amines is 1. The zero-order chi connectivity index (χ0) is 15.8. The van der Waals surface area contributed by atoms with Gasteiger partial charge < -0.3 is 14.1 Å². The van der Waals surface area contributed by atoms with E-state index < -0.39 is 0 Å². The number of nitrogens with zero attached hydrogens (tertiary/aromatic N) is 2. The number of hydrogen-bond acceptors (Lipinski definition) is 5. The lowest BCUT2D eigenvalue weighted by Gasteiger charge is -2.30. The van der Waals surface area contributed by atoms with E-state index in [1.807, 2.05) is 24.4 Å². The molecule has 3 heterocycles. The Balaban J connectivity index is 1.55. The van der Waals surface area contributed by atoms with E-state index >= 15 is 0 Å². The van der Waals surface area contributed by atoms with Crippen molar-refractivity contribution in [3.05, 3.63) is 30.5 Å². The molecule has 23 heavy (non-hydrogen) atoms. The number of H-pyrrole nitrogens is 1. The van der Waals surface area contributed by atoms with Crippen molar-refractivity contribution in [2.75, 3.05) is 0 Å². The normalized spacial score (nSPS) is 25.0. The molecule has 1 unspecified atom stereocenters. The second-order valence-electron chi connectivity index (χ2n) is 6.09. The Morgan fingerprint density at radius 3 is 2.74 bits per heavy atom. The number of thioether (sulfide) groups is 1.